The van der Waals surface area contributed by atoms with Crippen LogP contribution in [0.25, 0.3) is 0 Å². The summed E-state index contributed by atoms with van der Waals surface area (Å²) >= 11 is 0. The van der Waals surface area contributed by atoms with E-state index in [1.54, 1.807) is 31.6 Å². The van der Waals surface area contributed by atoms with Crippen LogP contribution in [0.3, 0.4) is 0 Å². The van der Waals surface area contributed by atoms with Crippen LogP contribution in [0, 0.1) is 0 Å². The molecule has 2 heterocycles. The maximum atomic E-state index is 11.8. The van der Waals surface area contributed by atoms with Crippen molar-refractivity contribution in [1.82, 2.24) is 14.9 Å². The van der Waals surface area contributed by atoms with Gasteiger partial charge in [0.25, 0.3) is 0 Å². The monoisotopic (exact) mass is 299 g/mol. The molecule has 1 N–H and O–H groups in total. The van der Waals surface area contributed by atoms with Gasteiger partial charge in [-0.15, -0.1) is 0 Å². The molecule has 6 nitrogen and oxygen atoms in total. The molecule has 0 aliphatic carbocycles. The summed E-state index contributed by atoms with van der Waals surface area (Å²) in [6.07, 6.45) is 4.02. The highest BCUT2D eigenvalue weighted by molar-refractivity contribution is 5.75. The molecular formula is C16H17N3O3. The van der Waals surface area contributed by atoms with Crippen molar-refractivity contribution in [3.8, 4) is 5.75 Å². The number of benzene rings is 1. The number of nitrogens with zero attached hydrogens (tertiary/aromatic N) is 3. The number of carboxylic acid groups (broad SMARTS) is 1. The van der Waals surface area contributed by atoms with E-state index in [0.717, 1.165) is 11.4 Å². The molecule has 0 saturated heterocycles. The minimum atomic E-state index is -0.874. The number of methoxy groups -OCH3 is 1. The Hall–Kier alpha value is -2.47. The van der Waals surface area contributed by atoms with Gasteiger partial charge in [-0.25, -0.2) is 0 Å². The Balaban J connectivity index is 1.91. The van der Waals surface area contributed by atoms with E-state index in [9.17, 15) is 9.90 Å². The molecule has 1 aliphatic rings. The lowest BCUT2D eigenvalue weighted by Crippen LogP contribution is -2.38. The van der Waals surface area contributed by atoms with E-state index >= 15 is 0 Å². The predicted molar refractivity (Wildman–Crippen MR) is 79.5 cm³/mol. The van der Waals surface area contributed by atoms with Crippen LogP contribution in [0.1, 0.15) is 23.0 Å². The summed E-state index contributed by atoms with van der Waals surface area (Å²) in [4.78, 5) is 22.3. The van der Waals surface area contributed by atoms with Crippen molar-refractivity contribution in [2.24, 2.45) is 0 Å². The third-order valence-electron chi connectivity index (χ3n) is 3.86. The second-order valence-corrected chi connectivity index (χ2v) is 5.19. The van der Waals surface area contributed by atoms with Crippen molar-refractivity contribution in [1.29, 1.82) is 0 Å². The Bertz CT molecular complexity index is 690. The predicted octanol–water partition coefficient (Wildman–Crippen LogP) is 1.67. The first-order valence-electron chi connectivity index (χ1n) is 7.08. The average molecular weight is 299 g/mol. The largest absolute Gasteiger partial charge is 0.497 e. The third kappa shape index (κ3) is 2.78. The van der Waals surface area contributed by atoms with Crippen LogP contribution in [0.5, 0.6) is 5.75 Å². The minimum absolute atomic E-state index is 0.483. The molecule has 1 aromatic carbocycles. The first-order valence-corrected chi connectivity index (χ1v) is 7.08. The lowest BCUT2D eigenvalue weighted by Gasteiger charge is -2.32. The van der Waals surface area contributed by atoms with Crippen LogP contribution < -0.4 is 4.74 Å². The zero-order valence-corrected chi connectivity index (χ0v) is 12.3. The zero-order valence-electron chi connectivity index (χ0n) is 12.3. The van der Waals surface area contributed by atoms with Crippen molar-refractivity contribution in [2.75, 3.05) is 13.7 Å². The van der Waals surface area contributed by atoms with Crippen molar-refractivity contribution in [2.45, 2.75) is 19.0 Å². The van der Waals surface area contributed by atoms with E-state index < -0.39 is 12.0 Å². The fourth-order valence-corrected chi connectivity index (χ4v) is 2.80. The molecule has 0 fully saturated rings. The van der Waals surface area contributed by atoms with Gasteiger partial charge in [-0.2, -0.15) is 0 Å². The van der Waals surface area contributed by atoms with Gasteiger partial charge in [0.1, 0.15) is 11.8 Å². The van der Waals surface area contributed by atoms with Gasteiger partial charge >= 0.3 is 5.97 Å². The number of hydrogen-bond donors (Lipinski definition) is 1. The first kappa shape index (κ1) is 14.5. The highest BCUT2D eigenvalue weighted by atomic mass is 16.5. The Kier molecular flexibility index (Phi) is 4.02. The van der Waals surface area contributed by atoms with E-state index in [0.29, 0.717) is 30.8 Å². The number of aromatic nitrogens is 2. The van der Waals surface area contributed by atoms with Crippen LogP contribution in [0.2, 0.25) is 0 Å². The van der Waals surface area contributed by atoms with Crippen molar-refractivity contribution in [3.05, 3.63) is 53.6 Å². The molecule has 114 valence electrons. The summed E-state index contributed by atoms with van der Waals surface area (Å²) in [5.41, 5.74) is 2.51. The molecule has 1 unspecified atom stereocenters. The molecule has 1 aromatic heterocycles. The van der Waals surface area contributed by atoms with Crippen molar-refractivity contribution < 1.29 is 14.6 Å². The molecule has 0 saturated carbocycles. The quantitative estimate of drug-likeness (QED) is 0.925. The van der Waals surface area contributed by atoms with Gasteiger partial charge < -0.3 is 9.84 Å². The highest BCUT2D eigenvalue weighted by Crippen LogP contribution is 2.28. The molecule has 1 atom stereocenters. The van der Waals surface area contributed by atoms with Gasteiger partial charge in [-0.1, -0.05) is 12.1 Å². The SMILES string of the molecule is COc1cccc(C(C(=O)O)N2CCc3nccnc3C2)c1. The number of hydrogen-bond acceptors (Lipinski definition) is 5. The maximum Gasteiger partial charge on any atom is 0.325 e. The summed E-state index contributed by atoms with van der Waals surface area (Å²) in [5, 5.41) is 9.67. The van der Waals surface area contributed by atoms with Crippen molar-refractivity contribution >= 4 is 5.97 Å². The third-order valence-corrected chi connectivity index (χ3v) is 3.86. The molecule has 6 heteroatoms. The molecular weight excluding hydrogens is 282 g/mol. The van der Waals surface area contributed by atoms with Gasteiger partial charge in [0.2, 0.25) is 0 Å². The van der Waals surface area contributed by atoms with E-state index in [4.69, 9.17) is 4.74 Å². The average Bonchev–Trinajstić information content (AvgIpc) is 2.55. The summed E-state index contributed by atoms with van der Waals surface area (Å²) in [5.74, 6) is -0.221. The van der Waals surface area contributed by atoms with Gasteiger partial charge in [-0.3, -0.25) is 19.7 Å². The van der Waals surface area contributed by atoms with E-state index in [1.165, 1.54) is 0 Å². The second-order valence-electron chi connectivity index (χ2n) is 5.19. The summed E-state index contributed by atoms with van der Waals surface area (Å²) < 4.78 is 5.19. The Morgan fingerprint density at radius 3 is 2.82 bits per heavy atom. The van der Waals surface area contributed by atoms with Crippen LogP contribution in [-0.2, 0) is 17.8 Å². The van der Waals surface area contributed by atoms with Gasteiger partial charge in [-0.05, 0) is 17.7 Å². The molecule has 0 radical (unpaired) electrons. The minimum Gasteiger partial charge on any atom is -0.497 e. The zero-order chi connectivity index (χ0) is 15.5. The second kappa shape index (κ2) is 6.11. The number of carbonyl (C=O) groups is 1. The molecule has 22 heavy (non-hydrogen) atoms. The molecule has 2 aromatic rings. The van der Waals surface area contributed by atoms with Crippen molar-refractivity contribution in [3.63, 3.8) is 0 Å². The lowest BCUT2D eigenvalue weighted by molar-refractivity contribution is -0.144. The Morgan fingerprint density at radius 2 is 2.09 bits per heavy atom. The maximum absolute atomic E-state index is 11.8. The normalized spacial score (nSPS) is 15.9. The van der Waals surface area contributed by atoms with E-state index in [-0.39, 0.29) is 0 Å². The van der Waals surface area contributed by atoms with E-state index in [2.05, 4.69) is 9.97 Å². The van der Waals surface area contributed by atoms with Gasteiger partial charge in [0.15, 0.2) is 0 Å². The molecule has 3 rings (SSSR count). The van der Waals surface area contributed by atoms with Crippen LogP contribution in [0.4, 0.5) is 0 Å². The summed E-state index contributed by atoms with van der Waals surface area (Å²) in [6.45, 7) is 1.12. The number of ether oxygens (including phenoxy) is 1. The van der Waals surface area contributed by atoms with Crippen LogP contribution in [-0.4, -0.2) is 39.6 Å². The highest BCUT2D eigenvalue weighted by Gasteiger charge is 2.31. The number of aliphatic carboxylic acids is 1. The fourth-order valence-electron chi connectivity index (χ4n) is 2.80. The standard InChI is InChI=1S/C16H17N3O3/c1-22-12-4-2-3-11(9-12)15(16(20)21)19-8-5-13-14(10-19)18-7-6-17-13/h2-4,6-7,9,15H,5,8,10H2,1H3,(H,20,21). The smallest absolute Gasteiger partial charge is 0.325 e. The van der Waals surface area contributed by atoms with Crippen LogP contribution >= 0.6 is 0 Å². The molecule has 0 spiro atoms. The summed E-state index contributed by atoms with van der Waals surface area (Å²) in [6, 6.07) is 6.48. The number of fused-ring (bicyclic) bond motifs is 1. The van der Waals surface area contributed by atoms with Gasteiger partial charge in [0, 0.05) is 31.9 Å². The fraction of sp³-hybridized carbons (Fsp3) is 0.312. The summed E-state index contributed by atoms with van der Waals surface area (Å²) in [7, 11) is 1.57. The Labute approximate surface area is 128 Å². The van der Waals surface area contributed by atoms with E-state index in [1.807, 2.05) is 17.0 Å². The molecule has 0 bridgehead atoms. The Morgan fingerprint density at radius 1 is 1.32 bits per heavy atom. The topological polar surface area (TPSA) is 75.6 Å². The number of carboxylic acids is 1. The number of rotatable bonds is 4. The van der Waals surface area contributed by atoms with Gasteiger partial charge in [0.05, 0.1) is 18.5 Å². The molecule has 1 aliphatic heterocycles. The first-order chi connectivity index (χ1) is 10.7. The lowest BCUT2D eigenvalue weighted by atomic mass is 10.0. The van der Waals surface area contributed by atoms with Crippen LogP contribution in [0.15, 0.2) is 36.7 Å². The molecule has 0 amide bonds.